The van der Waals surface area contributed by atoms with Gasteiger partial charge in [-0.15, -0.1) is 11.3 Å². The van der Waals surface area contributed by atoms with Crippen LogP contribution in [-0.4, -0.2) is 52.4 Å². The van der Waals surface area contributed by atoms with Gasteiger partial charge in [0.05, 0.1) is 25.3 Å². The quantitative estimate of drug-likeness (QED) is 0.746. The van der Waals surface area contributed by atoms with Crippen molar-refractivity contribution in [2.45, 2.75) is 33.7 Å². The maximum Gasteiger partial charge on any atom is 0.410 e. The average molecular weight is 420 g/mol. The third-order valence-electron chi connectivity index (χ3n) is 4.52. The van der Waals surface area contributed by atoms with Crippen molar-refractivity contribution in [2.75, 3.05) is 25.1 Å². The predicted molar refractivity (Wildman–Crippen MR) is 107 cm³/mol. The standard InChI is InChI=1S/C19H24N4O5S/c1-5-27-18(25)14-12-7-8-23(19(26)28-6-2)10-13(12)29-17(14)20-16(24)15-11(3)9-22(4)21-15/h9H,5-8,10H2,1-4H3,(H,20,24). The number of aromatic nitrogens is 2. The minimum Gasteiger partial charge on any atom is -0.462 e. The van der Waals surface area contributed by atoms with E-state index in [9.17, 15) is 14.4 Å². The van der Waals surface area contributed by atoms with Crippen LogP contribution in [0, 0.1) is 6.92 Å². The van der Waals surface area contributed by atoms with Crippen molar-refractivity contribution in [1.82, 2.24) is 14.7 Å². The Morgan fingerprint density at radius 2 is 1.97 bits per heavy atom. The lowest BCUT2D eigenvalue weighted by atomic mass is 10.0. The first-order valence-electron chi connectivity index (χ1n) is 9.40. The van der Waals surface area contributed by atoms with E-state index in [4.69, 9.17) is 9.47 Å². The van der Waals surface area contributed by atoms with E-state index in [1.807, 2.05) is 0 Å². The average Bonchev–Trinajstić information content (AvgIpc) is 3.20. The molecule has 0 saturated heterocycles. The summed E-state index contributed by atoms with van der Waals surface area (Å²) in [7, 11) is 1.74. The van der Waals surface area contributed by atoms with Crippen LogP contribution >= 0.6 is 11.3 Å². The van der Waals surface area contributed by atoms with E-state index in [0.29, 0.717) is 42.4 Å². The van der Waals surface area contributed by atoms with Gasteiger partial charge in [-0.25, -0.2) is 9.59 Å². The van der Waals surface area contributed by atoms with Crippen LogP contribution in [-0.2, 0) is 29.5 Å². The molecule has 10 heteroatoms. The fourth-order valence-electron chi connectivity index (χ4n) is 3.28. The van der Waals surface area contributed by atoms with Gasteiger partial charge in [-0.3, -0.25) is 9.48 Å². The monoisotopic (exact) mass is 420 g/mol. The van der Waals surface area contributed by atoms with E-state index in [-0.39, 0.29) is 12.7 Å². The Bertz CT molecular complexity index is 949. The van der Waals surface area contributed by atoms with Crippen molar-refractivity contribution in [3.63, 3.8) is 0 Å². The highest BCUT2D eigenvalue weighted by molar-refractivity contribution is 7.17. The van der Waals surface area contributed by atoms with E-state index in [0.717, 1.165) is 16.0 Å². The number of carbonyl (C=O) groups is 3. The van der Waals surface area contributed by atoms with Crippen molar-refractivity contribution in [3.05, 3.63) is 33.5 Å². The maximum absolute atomic E-state index is 12.7. The number of rotatable bonds is 5. The van der Waals surface area contributed by atoms with Gasteiger partial charge in [0, 0.05) is 30.2 Å². The zero-order valence-electron chi connectivity index (χ0n) is 16.9. The summed E-state index contributed by atoms with van der Waals surface area (Å²) in [5.74, 6) is -0.878. The molecule has 2 amide bonds. The summed E-state index contributed by atoms with van der Waals surface area (Å²) in [6.07, 6.45) is 1.84. The second-order valence-corrected chi connectivity index (χ2v) is 7.69. The number of ether oxygens (including phenoxy) is 2. The molecule has 0 bridgehead atoms. The molecule has 9 nitrogen and oxygen atoms in total. The van der Waals surface area contributed by atoms with Gasteiger partial charge in [0.15, 0.2) is 5.69 Å². The fourth-order valence-corrected chi connectivity index (χ4v) is 4.52. The number of nitrogens with one attached hydrogen (secondary N) is 1. The lowest BCUT2D eigenvalue weighted by Gasteiger charge is -2.26. The van der Waals surface area contributed by atoms with Crippen molar-refractivity contribution in [3.8, 4) is 0 Å². The number of anilines is 1. The molecule has 29 heavy (non-hydrogen) atoms. The van der Waals surface area contributed by atoms with Crippen molar-refractivity contribution >= 4 is 34.3 Å². The maximum atomic E-state index is 12.7. The van der Waals surface area contributed by atoms with Gasteiger partial charge in [0.25, 0.3) is 5.91 Å². The molecule has 2 aromatic heterocycles. The highest BCUT2D eigenvalue weighted by Gasteiger charge is 2.32. The summed E-state index contributed by atoms with van der Waals surface area (Å²) in [5, 5.41) is 7.40. The summed E-state index contributed by atoms with van der Waals surface area (Å²) >= 11 is 1.27. The van der Waals surface area contributed by atoms with Gasteiger partial charge in [-0.1, -0.05) is 0 Å². The fraction of sp³-hybridized carbons (Fsp3) is 0.474. The molecule has 0 saturated carbocycles. The summed E-state index contributed by atoms with van der Waals surface area (Å²) in [6.45, 7) is 6.56. The van der Waals surface area contributed by atoms with Gasteiger partial charge in [0.1, 0.15) is 5.00 Å². The van der Waals surface area contributed by atoms with Gasteiger partial charge in [-0.05, 0) is 32.8 Å². The summed E-state index contributed by atoms with van der Waals surface area (Å²) in [5.41, 5.74) is 2.19. The van der Waals surface area contributed by atoms with Gasteiger partial charge in [0.2, 0.25) is 0 Å². The molecule has 0 spiro atoms. The Morgan fingerprint density at radius 1 is 1.24 bits per heavy atom. The largest absolute Gasteiger partial charge is 0.462 e. The number of fused-ring (bicyclic) bond motifs is 1. The predicted octanol–water partition coefficient (Wildman–Crippen LogP) is 2.73. The van der Waals surface area contributed by atoms with Crippen molar-refractivity contribution < 1.29 is 23.9 Å². The normalized spacial score (nSPS) is 13.0. The van der Waals surface area contributed by atoms with E-state index >= 15 is 0 Å². The molecule has 1 aliphatic rings. The second-order valence-electron chi connectivity index (χ2n) is 6.59. The molecule has 0 radical (unpaired) electrons. The number of aryl methyl sites for hydroxylation is 2. The first-order chi connectivity index (χ1) is 13.8. The number of carbonyl (C=O) groups excluding carboxylic acids is 3. The Balaban J connectivity index is 1.92. The molecule has 0 atom stereocenters. The molecule has 3 heterocycles. The molecular formula is C19H24N4O5S. The molecule has 1 N–H and O–H groups in total. The summed E-state index contributed by atoms with van der Waals surface area (Å²) < 4.78 is 11.9. The van der Waals surface area contributed by atoms with Crippen LogP contribution in [0.15, 0.2) is 6.20 Å². The highest BCUT2D eigenvalue weighted by atomic mass is 32.1. The number of hydrogen-bond donors (Lipinski definition) is 1. The molecule has 156 valence electrons. The molecular weight excluding hydrogens is 396 g/mol. The topological polar surface area (TPSA) is 103 Å². The highest BCUT2D eigenvalue weighted by Crippen LogP contribution is 2.38. The summed E-state index contributed by atoms with van der Waals surface area (Å²) in [6, 6.07) is 0. The first kappa shape index (κ1) is 20.8. The molecule has 2 aromatic rings. The van der Waals surface area contributed by atoms with Gasteiger partial charge >= 0.3 is 12.1 Å². The van der Waals surface area contributed by atoms with E-state index < -0.39 is 11.9 Å². The van der Waals surface area contributed by atoms with Crippen LogP contribution in [0.1, 0.15) is 50.7 Å². The number of esters is 1. The van der Waals surface area contributed by atoms with Gasteiger partial charge < -0.3 is 19.7 Å². The van der Waals surface area contributed by atoms with Gasteiger partial charge in [-0.2, -0.15) is 5.10 Å². The molecule has 0 fully saturated rings. The lowest BCUT2D eigenvalue weighted by Crippen LogP contribution is -2.36. The molecule has 0 unspecified atom stereocenters. The summed E-state index contributed by atoms with van der Waals surface area (Å²) in [4.78, 5) is 39.8. The third kappa shape index (κ3) is 4.26. The minimum absolute atomic E-state index is 0.227. The van der Waals surface area contributed by atoms with E-state index in [2.05, 4.69) is 10.4 Å². The Morgan fingerprint density at radius 3 is 2.59 bits per heavy atom. The van der Waals surface area contributed by atoms with E-state index in [1.54, 1.807) is 43.6 Å². The van der Waals surface area contributed by atoms with Crippen LogP contribution < -0.4 is 5.32 Å². The zero-order valence-corrected chi connectivity index (χ0v) is 17.7. The number of nitrogens with zero attached hydrogens (tertiary/aromatic N) is 3. The molecule has 0 aromatic carbocycles. The number of amides is 2. The van der Waals surface area contributed by atoms with Crippen LogP contribution in [0.25, 0.3) is 0 Å². The Hall–Kier alpha value is -2.88. The minimum atomic E-state index is -0.484. The lowest BCUT2D eigenvalue weighted by molar-refractivity contribution is 0.0526. The first-order valence-corrected chi connectivity index (χ1v) is 10.2. The van der Waals surface area contributed by atoms with Crippen molar-refractivity contribution in [2.24, 2.45) is 7.05 Å². The van der Waals surface area contributed by atoms with Crippen LogP contribution in [0.3, 0.4) is 0 Å². The van der Waals surface area contributed by atoms with Crippen LogP contribution in [0.2, 0.25) is 0 Å². The Labute approximate surface area is 172 Å². The smallest absolute Gasteiger partial charge is 0.410 e. The molecule has 0 aliphatic carbocycles. The SMILES string of the molecule is CCOC(=O)c1c(NC(=O)c2nn(C)cc2C)sc2c1CCN(C(=O)OCC)C2. The van der Waals surface area contributed by atoms with Crippen LogP contribution in [0.5, 0.6) is 0 Å². The Kier molecular flexibility index (Phi) is 6.21. The van der Waals surface area contributed by atoms with Crippen LogP contribution in [0.4, 0.5) is 9.80 Å². The number of hydrogen-bond acceptors (Lipinski definition) is 7. The van der Waals surface area contributed by atoms with E-state index in [1.165, 1.54) is 11.3 Å². The third-order valence-corrected chi connectivity index (χ3v) is 5.65. The molecule has 1 aliphatic heterocycles. The number of thiophene rings is 1. The molecule has 3 rings (SSSR count). The van der Waals surface area contributed by atoms with Crippen molar-refractivity contribution in [1.29, 1.82) is 0 Å². The zero-order chi connectivity index (χ0) is 21.1. The second kappa shape index (κ2) is 8.64.